The highest BCUT2D eigenvalue weighted by Gasteiger charge is 2.20. The molecule has 136 valence electrons. The predicted molar refractivity (Wildman–Crippen MR) is 102 cm³/mol. The molecule has 0 unspecified atom stereocenters. The molecular formula is C17H15Cl2N3O3S. The number of nitrogens with one attached hydrogen (secondary N) is 1. The molecule has 9 heteroatoms. The summed E-state index contributed by atoms with van der Waals surface area (Å²) in [5.41, 5.74) is 1.92. The van der Waals surface area contributed by atoms with Crippen molar-refractivity contribution >= 4 is 38.9 Å². The van der Waals surface area contributed by atoms with Crippen molar-refractivity contribution in [1.82, 2.24) is 9.55 Å². The summed E-state index contributed by atoms with van der Waals surface area (Å²) in [7, 11) is -2.40. The van der Waals surface area contributed by atoms with Crippen LogP contribution in [0, 0.1) is 6.92 Å². The van der Waals surface area contributed by atoms with Gasteiger partial charge in [-0.05, 0) is 31.2 Å². The summed E-state index contributed by atoms with van der Waals surface area (Å²) in [5, 5.41) is 0.136. The van der Waals surface area contributed by atoms with Gasteiger partial charge in [0.2, 0.25) is 0 Å². The van der Waals surface area contributed by atoms with Crippen molar-refractivity contribution in [3.63, 3.8) is 0 Å². The zero-order valence-electron chi connectivity index (χ0n) is 13.9. The summed E-state index contributed by atoms with van der Waals surface area (Å²) in [6.07, 6.45) is 3.50. The van der Waals surface area contributed by atoms with E-state index < -0.39 is 10.0 Å². The number of ether oxygens (including phenoxy) is 1. The van der Waals surface area contributed by atoms with Gasteiger partial charge in [0.25, 0.3) is 10.0 Å². The third-order valence-corrected chi connectivity index (χ3v) is 5.98. The van der Waals surface area contributed by atoms with Crippen LogP contribution in [0.4, 0.5) is 5.69 Å². The number of rotatable bonds is 5. The quantitative estimate of drug-likeness (QED) is 0.678. The molecule has 0 aliphatic rings. The number of nitrogens with zero attached hydrogens (tertiary/aromatic N) is 2. The first kappa shape index (κ1) is 18.6. The number of sulfonamides is 1. The van der Waals surface area contributed by atoms with Gasteiger partial charge in [-0.25, -0.2) is 13.4 Å². The first-order chi connectivity index (χ1) is 12.3. The van der Waals surface area contributed by atoms with E-state index in [1.165, 1.54) is 25.3 Å². The van der Waals surface area contributed by atoms with Crippen LogP contribution in [-0.2, 0) is 10.0 Å². The van der Waals surface area contributed by atoms with E-state index in [2.05, 4.69) is 9.71 Å². The van der Waals surface area contributed by atoms with E-state index in [1.54, 1.807) is 29.1 Å². The molecule has 3 aromatic rings. The van der Waals surface area contributed by atoms with Crippen LogP contribution in [0.3, 0.4) is 0 Å². The van der Waals surface area contributed by atoms with Gasteiger partial charge in [0, 0.05) is 12.3 Å². The number of aryl methyl sites for hydroxylation is 1. The fourth-order valence-corrected chi connectivity index (χ4v) is 4.22. The van der Waals surface area contributed by atoms with Crippen LogP contribution in [0.2, 0.25) is 10.0 Å². The Kier molecular flexibility index (Phi) is 5.13. The van der Waals surface area contributed by atoms with E-state index in [-0.39, 0.29) is 14.9 Å². The summed E-state index contributed by atoms with van der Waals surface area (Å²) in [6, 6.07) is 9.37. The second kappa shape index (κ2) is 7.19. The molecule has 0 atom stereocenters. The Hall–Kier alpha value is -2.22. The van der Waals surface area contributed by atoms with Crippen LogP contribution in [0.1, 0.15) is 5.69 Å². The molecule has 1 aromatic heterocycles. The SMILES string of the molecule is COc1cc(NS(=O)(=O)c2cccc(Cl)c2Cl)ccc1-n1cnc(C)c1. The second-order valence-corrected chi connectivity index (χ2v) is 7.90. The summed E-state index contributed by atoms with van der Waals surface area (Å²) in [4.78, 5) is 4.08. The Morgan fingerprint density at radius 3 is 2.62 bits per heavy atom. The molecule has 0 radical (unpaired) electrons. The van der Waals surface area contributed by atoms with Gasteiger partial charge >= 0.3 is 0 Å². The van der Waals surface area contributed by atoms with Gasteiger partial charge in [-0.2, -0.15) is 0 Å². The number of hydrogen-bond acceptors (Lipinski definition) is 4. The minimum absolute atomic E-state index is 0.0286. The Morgan fingerprint density at radius 2 is 1.96 bits per heavy atom. The summed E-state index contributed by atoms with van der Waals surface area (Å²) < 4.78 is 34.9. The number of imidazole rings is 1. The van der Waals surface area contributed by atoms with Crippen molar-refractivity contribution in [3.8, 4) is 11.4 Å². The Balaban J connectivity index is 1.96. The third-order valence-electron chi connectivity index (χ3n) is 3.63. The van der Waals surface area contributed by atoms with Gasteiger partial charge in [0.15, 0.2) is 0 Å². The lowest BCUT2D eigenvalue weighted by Crippen LogP contribution is -2.13. The molecule has 0 aliphatic heterocycles. The van der Waals surface area contributed by atoms with Gasteiger partial charge in [-0.1, -0.05) is 29.3 Å². The molecule has 1 N–H and O–H groups in total. The fraction of sp³-hybridized carbons (Fsp3) is 0.118. The average molecular weight is 412 g/mol. The number of methoxy groups -OCH3 is 1. The standard InChI is InChI=1S/C17H15Cl2N3O3S/c1-11-9-22(10-20-11)14-7-6-12(8-15(14)25-2)21-26(23,24)16-5-3-4-13(18)17(16)19/h3-10,21H,1-2H3. The number of benzene rings is 2. The van der Waals surface area contributed by atoms with Crippen LogP contribution in [0.25, 0.3) is 5.69 Å². The van der Waals surface area contributed by atoms with Gasteiger partial charge in [-0.15, -0.1) is 0 Å². The van der Waals surface area contributed by atoms with E-state index in [0.717, 1.165) is 11.4 Å². The van der Waals surface area contributed by atoms with Crippen LogP contribution < -0.4 is 9.46 Å². The molecular weight excluding hydrogens is 397 g/mol. The molecule has 0 saturated carbocycles. The van der Waals surface area contributed by atoms with Gasteiger partial charge in [-0.3, -0.25) is 4.72 Å². The smallest absolute Gasteiger partial charge is 0.263 e. The van der Waals surface area contributed by atoms with E-state index in [0.29, 0.717) is 11.4 Å². The third kappa shape index (κ3) is 3.65. The molecule has 2 aromatic carbocycles. The Morgan fingerprint density at radius 1 is 1.19 bits per heavy atom. The first-order valence-electron chi connectivity index (χ1n) is 7.47. The maximum absolute atomic E-state index is 12.6. The summed E-state index contributed by atoms with van der Waals surface area (Å²) >= 11 is 11.9. The van der Waals surface area contributed by atoms with Gasteiger partial charge < -0.3 is 9.30 Å². The van der Waals surface area contributed by atoms with Crippen LogP contribution in [0.5, 0.6) is 5.75 Å². The molecule has 0 spiro atoms. The van der Waals surface area contributed by atoms with E-state index in [9.17, 15) is 8.42 Å². The maximum atomic E-state index is 12.6. The molecule has 0 bridgehead atoms. The predicted octanol–water partition coefficient (Wildman–Crippen LogP) is 4.30. The average Bonchev–Trinajstić information content (AvgIpc) is 3.03. The number of aromatic nitrogens is 2. The lowest BCUT2D eigenvalue weighted by atomic mass is 10.2. The molecule has 0 fully saturated rings. The van der Waals surface area contributed by atoms with Crippen molar-refractivity contribution in [3.05, 3.63) is 64.7 Å². The minimum atomic E-state index is -3.91. The molecule has 0 saturated heterocycles. The minimum Gasteiger partial charge on any atom is -0.494 e. The first-order valence-corrected chi connectivity index (χ1v) is 9.71. The zero-order valence-corrected chi connectivity index (χ0v) is 16.2. The van der Waals surface area contributed by atoms with Crippen LogP contribution in [0.15, 0.2) is 53.8 Å². The molecule has 0 aliphatic carbocycles. The highest BCUT2D eigenvalue weighted by atomic mass is 35.5. The highest BCUT2D eigenvalue weighted by molar-refractivity contribution is 7.92. The van der Waals surface area contributed by atoms with Gasteiger partial charge in [0.1, 0.15) is 10.6 Å². The van der Waals surface area contributed by atoms with E-state index >= 15 is 0 Å². The van der Waals surface area contributed by atoms with E-state index in [1.807, 2.05) is 13.1 Å². The summed E-state index contributed by atoms with van der Waals surface area (Å²) in [6.45, 7) is 1.88. The summed E-state index contributed by atoms with van der Waals surface area (Å²) in [5.74, 6) is 0.486. The van der Waals surface area contributed by atoms with Crippen molar-refractivity contribution in [2.24, 2.45) is 0 Å². The fourth-order valence-electron chi connectivity index (χ4n) is 2.41. The van der Waals surface area contributed by atoms with Crippen molar-refractivity contribution < 1.29 is 13.2 Å². The van der Waals surface area contributed by atoms with Crippen molar-refractivity contribution in [2.75, 3.05) is 11.8 Å². The van der Waals surface area contributed by atoms with Crippen molar-refractivity contribution in [2.45, 2.75) is 11.8 Å². The largest absolute Gasteiger partial charge is 0.494 e. The molecule has 3 rings (SSSR count). The number of hydrogen-bond donors (Lipinski definition) is 1. The molecule has 0 amide bonds. The molecule has 26 heavy (non-hydrogen) atoms. The normalized spacial score (nSPS) is 11.4. The lowest BCUT2D eigenvalue weighted by Gasteiger charge is -2.14. The lowest BCUT2D eigenvalue weighted by molar-refractivity contribution is 0.413. The Labute approximate surface area is 161 Å². The topological polar surface area (TPSA) is 73.2 Å². The zero-order chi connectivity index (χ0) is 18.9. The number of halogens is 2. The van der Waals surface area contributed by atoms with Crippen LogP contribution in [-0.4, -0.2) is 25.1 Å². The monoisotopic (exact) mass is 411 g/mol. The molecule has 6 nitrogen and oxygen atoms in total. The van der Waals surface area contributed by atoms with Crippen LogP contribution >= 0.6 is 23.2 Å². The number of anilines is 1. The second-order valence-electron chi connectivity index (χ2n) is 5.47. The highest BCUT2D eigenvalue weighted by Crippen LogP contribution is 2.32. The Bertz CT molecular complexity index is 1060. The van der Waals surface area contributed by atoms with E-state index in [4.69, 9.17) is 27.9 Å². The van der Waals surface area contributed by atoms with Gasteiger partial charge in [0.05, 0.1) is 40.6 Å². The van der Waals surface area contributed by atoms with Crippen molar-refractivity contribution in [1.29, 1.82) is 0 Å². The molecule has 1 heterocycles. The maximum Gasteiger partial charge on any atom is 0.263 e.